The van der Waals surface area contributed by atoms with Crippen LogP contribution < -0.4 is 16.0 Å². The predicted molar refractivity (Wildman–Crippen MR) is 67.6 cm³/mol. The smallest absolute Gasteiger partial charge is 0.239 e. The molecule has 0 bridgehead atoms. The molecule has 0 fully saturated rings. The molecule has 0 aliphatic rings. The van der Waals surface area contributed by atoms with E-state index in [1.165, 1.54) is 6.20 Å². The zero-order valence-electron chi connectivity index (χ0n) is 10.5. The Hall–Kier alpha value is -1.85. The number of hydrogen-bond acceptors (Lipinski definition) is 5. The van der Waals surface area contributed by atoms with Crippen molar-refractivity contribution in [3.05, 3.63) is 12.4 Å². The van der Waals surface area contributed by atoms with Crippen molar-refractivity contribution in [3.8, 4) is 0 Å². The van der Waals surface area contributed by atoms with Crippen LogP contribution in [-0.4, -0.2) is 35.0 Å². The summed E-state index contributed by atoms with van der Waals surface area (Å²) in [5, 5.41) is 2.83. The van der Waals surface area contributed by atoms with E-state index in [0.29, 0.717) is 18.2 Å². The Morgan fingerprint density at radius 1 is 1.47 bits per heavy atom. The van der Waals surface area contributed by atoms with Gasteiger partial charge in [0.15, 0.2) is 11.6 Å². The Morgan fingerprint density at radius 3 is 2.65 bits per heavy atom. The van der Waals surface area contributed by atoms with Gasteiger partial charge in [-0.3, -0.25) is 4.79 Å². The molecule has 0 aromatic carbocycles. The molecule has 0 saturated heterocycles. The van der Waals surface area contributed by atoms with E-state index in [-0.39, 0.29) is 18.5 Å². The lowest BCUT2D eigenvalue weighted by Gasteiger charge is -2.22. The number of amides is 1. The Morgan fingerprint density at radius 2 is 2.12 bits per heavy atom. The summed E-state index contributed by atoms with van der Waals surface area (Å²) in [5.41, 5.74) is 5.73. The number of carbonyl (C=O) groups excluding carboxylic acids is 1. The van der Waals surface area contributed by atoms with E-state index in [2.05, 4.69) is 15.3 Å². The van der Waals surface area contributed by atoms with E-state index in [9.17, 15) is 4.79 Å². The Labute approximate surface area is 101 Å². The molecule has 0 spiro atoms. The van der Waals surface area contributed by atoms with Crippen LogP contribution >= 0.6 is 0 Å². The summed E-state index contributed by atoms with van der Waals surface area (Å²) in [6.07, 6.45) is 3.09. The number of aromatic nitrogens is 2. The predicted octanol–water partition coefficient (Wildman–Crippen LogP) is 0.410. The van der Waals surface area contributed by atoms with Gasteiger partial charge < -0.3 is 16.0 Å². The zero-order valence-corrected chi connectivity index (χ0v) is 10.5. The molecule has 1 heterocycles. The topological polar surface area (TPSA) is 84.1 Å². The summed E-state index contributed by atoms with van der Waals surface area (Å²) in [7, 11) is 0. The van der Waals surface area contributed by atoms with Crippen molar-refractivity contribution in [2.75, 3.05) is 23.7 Å². The molecule has 6 heteroatoms. The SMILES string of the molecule is CCN(CC(=O)NC(C)C)c1nccnc1N. The van der Waals surface area contributed by atoms with Gasteiger partial charge in [0.2, 0.25) is 5.91 Å². The summed E-state index contributed by atoms with van der Waals surface area (Å²) in [6.45, 7) is 6.67. The third-order valence-corrected chi connectivity index (χ3v) is 2.17. The second kappa shape index (κ2) is 6.03. The van der Waals surface area contributed by atoms with Gasteiger partial charge in [-0.2, -0.15) is 0 Å². The van der Waals surface area contributed by atoms with E-state index < -0.39 is 0 Å². The van der Waals surface area contributed by atoms with Gasteiger partial charge in [-0.1, -0.05) is 0 Å². The number of carbonyl (C=O) groups is 1. The molecule has 6 nitrogen and oxygen atoms in total. The molecule has 94 valence electrons. The highest BCUT2D eigenvalue weighted by molar-refractivity contribution is 5.82. The van der Waals surface area contributed by atoms with Crippen LogP contribution in [0.2, 0.25) is 0 Å². The van der Waals surface area contributed by atoms with Crippen LogP contribution in [-0.2, 0) is 4.79 Å². The molecule has 0 aliphatic heterocycles. The van der Waals surface area contributed by atoms with Gasteiger partial charge in [0, 0.05) is 25.0 Å². The van der Waals surface area contributed by atoms with Crippen LogP contribution in [0.5, 0.6) is 0 Å². The van der Waals surface area contributed by atoms with Crippen molar-refractivity contribution < 1.29 is 4.79 Å². The van der Waals surface area contributed by atoms with Crippen molar-refractivity contribution in [1.29, 1.82) is 0 Å². The molecule has 3 N–H and O–H groups in total. The number of nitrogens with two attached hydrogens (primary N) is 1. The third-order valence-electron chi connectivity index (χ3n) is 2.17. The lowest BCUT2D eigenvalue weighted by molar-refractivity contribution is -0.120. The molecule has 1 aromatic heterocycles. The van der Waals surface area contributed by atoms with E-state index in [0.717, 1.165) is 0 Å². The highest BCUT2D eigenvalue weighted by Gasteiger charge is 2.14. The van der Waals surface area contributed by atoms with Crippen LogP contribution in [0.15, 0.2) is 12.4 Å². The minimum Gasteiger partial charge on any atom is -0.381 e. The zero-order chi connectivity index (χ0) is 12.8. The van der Waals surface area contributed by atoms with Gasteiger partial charge in [-0.15, -0.1) is 0 Å². The lowest BCUT2D eigenvalue weighted by Crippen LogP contribution is -2.40. The van der Waals surface area contributed by atoms with Crippen molar-refractivity contribution in [2.24, 2.45) is 0 Å². The molecule has 1 aromatic rings. The standard InChI is InChI=1S/C11H19N5O/c1-4-16(7-9(17)15-8(2)3)11-10(12)13-5-6-14-11/h5-6,8H,4,7H2,1-3H3,(H2,12,13)(H,15,17). The van der Waals surface area contributed by atoms with E-state index in [1.54, 1.807) is 11.1 Å². The molecule has 0 radical (unpaired) electrons. The summed E-state index contributed by atoms with van der Waals surface area (Å²) in [4.78, 5) is 21.6. The number of likely N-dealkylation sites (N-methyl/N-ethyl adjacent to an activating group) is 1. The van der Waals surface area contributed by atoms with Crippen molar-refractivity contribution >= 4 is 17.5 Å². The van der Waals surface area contributed by atoms with Crippen molar-refractivity contribution in [1.82, 2.24) is 15.3 Å². The number of anilines is 2. The molecule has 0 saturated carbocycles. The molecule has 1 rings (SSSR count). The van der Waals surface area contributed by atoms with E-state index in [1.807, 2.05) is 20.8 Å². The first-order chi connectivity index (χ1) is 8.04. The number of rotatable bonds is 5. The Balaban J connectivity index is 2.73. The van der Waals surface area contributed by atoms with E-state index in [4.69, 9.17) is 5.73 Å². The minimum atomic E-state index is -0.0492. The van der Waals surface area contributed by atoms with Crippen LogP contribution in [0.4, 0.5) is 11.6 Å². The molecule has 17 heavy (non-hydrogen) atoms. The average molecular weight is 237 g/mol. The quantitative estimate of drug-likeness (QED) is 0.775. The summed E-state index contributed by atoms with van der Waals surface area (Å²) >= 11 is 0. The molecule has 0 aliphatic carbocycles. The second-order valence-electron chi connectivity index (χ2n) is 4.00. The fourth-order valence-corrected chi connectivity index (χ4v) is 1.46. The Bertz CT molecular complexity index is 380. The fraction of sp³-hybridized carbons (Fsp3) is 0.545. The first-order valence-electron chi connectivity index (χ1n) is 5.65. The normalized spacial score (nSPS) is 10.4. The molecule has 0 unspecified atom stereocenters. The monoisotopic (exact) mass is 237 g/mol. The number of hydrogen-bond donors (Lipinski definition) is 2. The van der Waals surface area contributed by atoms with Gasteiger partial charge >= 0.3 is 0 Å². The van der Waals surface area contributed by atoms with Gasteiger partial charge in [0.25, 0.3) is 0 Å². The van der Waals surface area contributed by atoms with Crippen LogP contribution in [0.25, 0.3) is 0 Å². The Kier molecular flexibility index (Phi) is 4.68. The number of nitrogens with one attached hydrogen (secondary N) is 1. The summed E-state index contributed by atoms with van der Waals surface area (Å²) in [6, 6.07) is 0.125. The number of nitrogens with zero attached hydrogens (tertiary/aromatic N) is 3. The second-order valence-corrected chi connectivity index (χ2v) is 4.00. The van der Waals surface area contributed by atoms with Gasteiger partial charge in [0.05, 0.1) is 6.54 Å². The first-order valence-corrected chi connectivity index (χ1v) is 5.65. The van der Waals surface area contributed by atoms with Gasteiger partial charge in [0.1, 0.15) is 0 Å². The minimum absolute atomic E-state index is 0.0492. The van der Waals surface area contributed by atoms with Crippen LogP contribution in [0, 0.1) is 0 Å². The van der Waals surface area contributed by atoms with Gasteiger partial charge in [-0.25, -0.2) is 9.97 Å². The van der Waals surface area contributed by atoms with E-state index >= 15 is 0 Å². The molecule has 1 amide bonds. The lowest BCUT2D eigenvalue weighted by atomic mass is 10.3. The third kappa shape index (κ3) is 3.90. The summed E-state index contributed by atoms with van der Waals surface area (Å²) in [5.74, 6) is 0.840. The maximum atomic E-state index is 11.7. The van der Waals surface area contributed by atoms with Crippen LogP contribution in [0.1, 0.15) is 20.8 Å². The van der Waals surface area contributed by atoms with Crippen molar-refractivity contribution in [2.45, 2.75) is 26.8 Å². The summed E-state index contributed by atoms with van der Waals surface area (Å²) < 4.78 is 0. The van der Waals surface area contributed by atoms with Crippen LogP contribution in [0.3, 0.4) is 0 Å². The molecular formula is C11H19N5O. The van der Waals surface area contributed by atoms with Gasteiger partial charge in [-0.05, 0) is 20.8 Å². The average Bonchev–Trinajstić information content (AvgIpc) is 2.26. The first kappa shape index (κ1) is 13.2. The fourth-order valence-electron chi connectivity index (χ4n) is 1.46. The van der Waals surface area contributed by atoms with Crippen molar-refractivity contribution in [3.63, 3.8) is 0 Å². The maximum absolute atomic E-state index is 11.7. The highest BCUT2D eigenvalue weighted by Crippen LogP contribution is 2.15. The maximum Gasteiger partial charge on any atom is 0.239 e. The molecule has 0 atom stereocenters. The largest absolute Gasteiger partial charge is 0.381 e. The number of nitrogen functional groups attached to an aromatic ring is 1. The highest BCUT2D eigenvalue weighted by atomic mass is 16.2. The molecular weight excluding hydrogens is 218 g/mol.